The van der Waals surface area contributed by atoms with Gasteiger partial charge in [0.05, 0.1) is 12.7 Å². The fourth-order valence-electron chi connectivity index (χ4n) is 1.60. The second kappa shape index (κ2) is 4.70. The molecule has 0 aromatic heterocycles. The Labute approximate surface area is 67.4 Å². The Bertz CT molecular complexity index is 108. The fraction of sp³-hybridized carbons (Fsp3) is 1.00. The van der Waals surface area contributed by atoms with E-state index in [2.05, 4.69) is 5.32 Å². The summed E-state index contributed by atoms with van der Waals surface area (Å²) in [5, 5.41) is 21.1. The van der Waals surface area contributed by atoms with Crippen molar-refractivity contribution in [3.8, 4) is 0 Å². The van der Waals surface area contributed by atoms with Crippen molar-refractivity contribution in [3.63, 3.8) is 0 Å². The lowest BCUT2D eigenvalue weighted by molar-refractivity contribution is 0.0883. The van der Waals surface area contributed by atoms with Gasteiger partial charge in [-0.2, -0.15) is 0 Å². The zero-order valence-electron chi connectivity index (χ0n) is 6.79. The molecule has 1 aliphatic carbocycles. The number of aliphatic hydroxyl groups excluding tert-OH is 2. The van der Waals surface area contributed by atoms with E-state index in [9.17, 15) is 5.11 Å². The average molecular weight is 159 g/mol. The lowest BCUT2D eigenvalue weighted by atomic mass is 9.93. The van der Waals surface area contributed by atoms with Gasteiger partial charge in [0.2, 0.25) is 0 Å². The minimum Gasteiger partial charge on any atom is -0.395 e. The van der Waals surface area contributed by atoms with Crippen LogP contribution in [0.4, 0.5) is 0 Å². The summed E-state index contributed by atoms with van der Waals surface area (Å²) in [6, 6.07) is 0.218. The van der Waals surface area contributed by atoms with Gasteiger partial charge in [0.15, 0.2) is 0 Å². The molecule has 0 bridgehead atoms. The molecule has 3 heteroatoms. The molecule has 0 amide bonds. The Hall–Kier alpha value is -0.120. The van der Waals surface area contributed by atoms with Gasteiger partial charge in [-0.3, -0.25) is 0 Å². The topological polar surface area (TPSA) is 52.5 Å². The Morgan fingerprint density at radius 3 is 2.64 bits per heavy atom. The molecule has 0 heterocycles. The third kappa shape index (κ3) is 2.77. The summed E-state index contributed by atoms with van der Waals surface area (Å²) >= 11 is 0. The van der Waals surface area contributed by atoms with Crippen LogP contribution in [0, 0.1) is 0 Å². The number of hydrogen-bond acceptors (Lipinski definition) is 3. The van der Waals surface area contributed by atoms with Crippen molar-refractivity contribution >= 4 is 0 Å². The molecule has 1 aliphatic rings. The molecule has 0 aromatic carbocycles. The summed E-state index contributed by atoms with van der Waals surface area (Å²) in [5.41, 5.74) is 0. The zero-order chi connectivity index (χ0) is 8.10. The molecule has 0 saturated heterocycles. The molecular weight excluding hydrogens is 142 g/mol. The van der Waals surface area contributed by atoms with Gasteiger partial charge in [0.1, 0.15) is 0 Å². The van der Waals surface area contributed by atoms with Crippen LogP contribution in [-0.4, -0.2) is 35.5 Å². The maximum Gasteiger partial charge on any atom is 0.0693 e. The molecule has 2 atom stereocenters. The minimum atomic E-state index is -0.199. The normalized spacial score (nSPS) is 32.2. The molecule has 0 spiro atoms. The first kappa shape index (κ1) is 8.97. The smallest absolute Gasteiger partial charge is 0.0693 e. The lowest BCUT2D eigenvalue weighted by Crippen LogP contribution is -2.43. The third-order valence-electron chi connectivity index (χ3n) is 2.25. The van der Waals surface area contributed by atoms with Crippen molar-refractivity contribution in [3.05, 3.63) is 0 Å². The van der Waals surface area contributed by atoms with Crippen molar-refractivity contribution < 1.29 is 10.2 Å². The first-order valence-corrected chi connectivity index (χ1v) is 4.37. The van der Waals surface area contributed by atoms with E-state index in [0.29, 0.717) is 6.54 Å². The third-order valence-corrected chi connectivity index (χ3v) is 2.25. The molecule has 66 valence electrons. The van der Waals surface area contributed by atoms with Crippen LogP contribution in [0.5, 0.6) is 0 Å². The molecule has 3 N–H and O–H groups in total. The van der Waals surface area contributed by atoms with Crippen LogP contribution in [0.2, 0.25) is 0 Å². The van der Waals surface area contributed by atoms with Gasteiger partial charge in [0, 0.05) is 12.6 Å². The summed E-state index contributed by atoms with van der Waals surface area (Å²) in [7, 11) is 0. The van der Waals surface area contributed by atoms with Crippen LogP contribution in [0.15, 0.2) is 0 Å². The lowest BCUT2D eigenvalue weighted by Gasteiger charge is -2.28. The largest absolute Gasteiger partial charge is 0.395 e. The van der Waals surface area contributed by atoms with E-state index >= 15 is 0 Å². The van der Waals surface area contributed by atoms with E-state index in [1.807, 2.05) is 0 Å². The first-order valence-electron chi connectivity index (χ1n) is 4.37. The number of hydrogen-bond donors (Lipinski definition) is 3. The summed E-state index contributed by atoms with van der Waals surface area (Å²) in [4.78, 5) is 0. The Kier molecular flexibility index (Phi) is 3.83. The average Bonchev–Trinajstić information content (AvgIpc) is 2.03. The van der Waals surface area contributed by atoms with E-state index in [-0.39, 0.29) is 18.8 Å². The van der Waals surface area contributed by atoms with Crippen LogP contribution < -0.4 is 5.32 Å². The molecule has 1 rings (SSSR count). The van der Waals surface area contributed by atoms with E-state index in [4.69, 9.17) is 5.11 Å². The standard InChI is InChI=1S/C8H17NO2/c10-6-5-9-7-3-1-2-4-8(7)11/h7-11H,1-6H2/t7-,8-/m1/s1. The van der Waals surface area contributed by atoms with E-state index < -0.39 is 0 Å². The molecule has 0 unspecified atom stereocenters. The Balaban J connectivity index is 2.18. The predicted molar refractivity (Wildman–Crippen MR) is 43.4 cm³/mol. The molecular formula is C8H17NO2. The number of nitrogens with one attached hydrogen (secondary N) is 1. The second-order valence-corrected chi connectivity index (χ2v) is 3.14. The predicted octanol–water partition coefficient (Wildman–Crippen LogP) is -0.128. The highest BCUT2D eigenvalue weighted by molar-refractivity contribution is 4.79. The first-order chi connectivity index (χ1) is 5.34. The van der Waals surface area contributed by atoms with Gasteiger partial charge in [-0.25, -0.2) is 0 Å². The highest BCUT2D eigenvalue weighted by atomic mass is 16.3. The molecule has 0 radical (unpaired) electrons. The maximum atomic E-state index is 9.45. The summed E-state index contributed by atoms with van der Waals surface area (Å²) in [6.45, 7) is 0.755. The summed E-state index contributed by atoms with van der Waals surface area (Å²) < 4.78 is 0. The molecule has 11 heavy (non-hydrogen) atoms. The van der Waals surface area contributed by atoms with E-state index in [0.717, 1.165) is 19.3 Å². The van der Waals surface area contributed by atoms with E-state index in [1.54, 1.807) is 0 Å². The Morgan fingerprint density at radius 2 is 2.00 bits per heavy atom. The van der Waals surface area contributed by atoms with Crippen LogP contribution in [0.3, 0.4) is 0 Å². The van der Waals surface area contributed by atoms with Gasteiger partial charge in [-0.1, -0.05) is 12.8 Å². The summed E-state index contributed by atoms with van der Waals surface area (Å²) in [6.07, 6.45) is 4.08. The van der Waals surface area contributed by atoms with Crippen molar-refractivity contribution in [2.45, 2.75) is 37.8 Å². The van der Waals surface area contributed by atoms with Crippen molar-refractivity contribution in [1.82, 2.24) is 5.32 Å². The van der Waals surface area contributed by atoms with Crippen LogP contribution in [0.1, 0.15) is 25.7 Å². The van der Waals surface area contributed by atoms with Gasteiger partial charge >= 0.3 is 0 Å². The van der Waals surface area contributed by atoms with Crippen LogP contribution in [0.25, 0.3) is 0 Å². The van der Waals surface area contributed by atoms with Gasteiger partial charge in [0.25, 0.3) is 0 Å². The highest BCUT2D eigenvalue weighted by Crippen LogP contribution is 2.17. The minimum absolute atomic E-state index is 0.156. The Morgan fingerprint density at radius 1 is 1.27 bits per heavy atom. The summed E-state index contributed by atoms with van der Waals surface area (Å²) in [5.74, 6) is 0. The molecule has 0 aromatic rings. The van der Waals surface area contributed by atoms with Crippen molar-refractivity contribution in [2.24, 2.45) is 0 Å². The fourth-order valence-corrected chi connectivity index (χ4v) is 1.60. The number of aliphatic hydroxyl groups is 2. The molecule has 0 aliphatic heterocycles. The molecule has 1 fully saturated rings. The molecule has 1 saturated carbocycles. The zero-order valence-corrected chi connectivity index (χ0v) is 6.79. The van der Waals surface area contributed by atoms with Gasteiger partial charge in [-0.15, -0.1) is 0 Å². The van der Waals surface area contributed by atoms with Gasteiger partial charge < -0.3 is 15.5 Å². The van der Waals surface area contributed by atoms with Crippen LogP contribution >= 0.6 is 0 Å². The number of rotatable bonds is 3. The molecule has 3 nitrogen and oxygen atoms in total. The van der Waals surface area contributed by atoms with Crippen molar-refractivity contribution in [2.75, 3.05) is 13.2 Å². The van der Waals surface area contributed by atoms with Crippen molar-refractivity contribution in [1.29, 1.82) is 0 Å². The van der Waals surface area contributed by atoms with E-state index in [1.165, 1.54) is 6.42 Å². The maximum absolute atomic E-state index is 9.45. The van der Waals surface area contributed by atoms with Crippen LogP contribution in [-0.2, 0) is 0 Å². The van der Waals surface area contributed by atoms with Gasteiger partial charge in [-0.05, 0) is 12.8 Å². The highest BCUT2D eigenvalue weighted by Gasteiger charge is 2.21. The quantitative estimate of drug-likeness (QED) is 0.538. The second-order valence-electron chi connectivity index (χ2n) is 3.14. The SMILES string of the molecule is OCCN[C@@H]1CCCC[C@H]1O. The monoisotopic (exact) mass is 159 g/mol.